The number of furan rings is 1. The Labute approximate surface area is 148 Å². The second-order valence-corrected chi connectivity index (χ2v) is 6.54. The molecule has 0 unspecified atom stereocenters. The molecule has 7 heteroatoms. The summed E-state index contributed by atoms with van der Waals surface area (Å²) in [5.74, 6) is 1.09. The predicted octanol–water partition coefficient (Wildman–Crippen LogP) is 3.43. The monoisotopic (exact) mass is 350 g/mol. The largest absolute Gasteiger partial charge is 0.469 e. The van der Waals surface area contributed by atoms with Crippen molar-refractivity contribution in [3.8, 4) is 0 Å². The molecule has 0 fully saturated rings. The summed E-state index contributed by atoms with van der Waals surface area (Å²) in [5, 5.41) is 7.52. The Balaban J connectivity index is 1.62. The number of rotatable bonds is 2. The van der Waals surface area contributed by atoms with Gasteiger partial charge in [0.25, 0.3) is 0 Å². The van der Waals surface area contributed by atoms with Crippen molar-refractivity contribution in [1.82, 2.24) is 14.8 Å². The average molecular weight is 350 g/mol. The molecule has 2 aromatic heterocycles. The predicted molar refractivity (Wildman–Crippen MR) is 90.9 cm³/mol. The summed E-state index contributed by atoms with van der Waals surface area (Å²) in [7, 11) is 0. The van der Waals surface area contributed by atoms with Crippen molar-refractivity contribution in [3.63, 3.8) is 0 Å². The van der Waals surface area contributed by atoms with E-state index < -0.39 is 6.04 Å². The Bertz CT molecular complexity index is 1000. The summed E-state index contributed by atoms with van der Waals surface area (Å²) in [6, 6.07) is 9.48. The van der Waals surface area contributed by atoms with E-state index in [-0.39, 0.29) is 17.5 Å². The fourth-order valence-corrected chi connectivity index (χ4v) is 3.83. The first-order chi connectivity index (χ1) is 12.7. The van der Waals surface area contributed by atoms with Crippen molar-refractivity contribution in [1.29, 1.82) is 0 Å². The molecule has 1 aliphatic heterocycles. The molecule has 0 saturated heterocycles. The van der Waals surface area contributed by atoms with Crippen LogP contribution in [-0.2, 0) is 4.79 Å². The van der Waals surface area contributed by atoms with E-state index in [1.807, 2.05) is 12.1 Å². The lowest BCUT2D eigenvalue weighted by atomic mass is 9.79. The summed E-state index contributed by atoms with van der Waals surface area (Å²) in [6.07, 6.45) is 4.09. The molecule has 3 heterocycles. The van der Waals surface area contributed by atoms with Crippen LogP contribution in [0.25, 0.3) is 0 Å². The van der Waals surface area contributed by atoms with Crippen molar-refractivity contribution in [3.05, 3.63) is 77.4 Å². The molecule has 2 atom stereocenters. The van der Waals surface area contributed by atoms with Crippen LogP contribution in [0.3, 0.4) is 0 Å². The number of nitrogens with zero attached hydrogens (tertiary/aromatic N) is 3. The highest BCUT2D eigenvalue weighted by Gasteiger charge is 2.39. The second-order valence-electron chi connectivity index (χ2n) is 6.54. The van der Waals surface area contributed by atoms with Crippen LogP contribution in [-0.4, -0.2) is 20.5 Å². The number of allylic oxidation sites excluding steroid dienone is 2. The molecule has 0 amide bonds. The molecule has 0 radical (unpaired) electrons. The fourth-order valence-electron chi connectivity index (χ4n) is 3.83. The van der Waals surface area contributed by atoms with Gasteiger partial charge in [-0.05, 0) is 36.2 Å². The van der Waals surface area contributed by atoms with Gasteiger partial charge < -0.3 is 9.73 Å². The van der Waals surface area contributed by atoms with Crippen molar-refractivity contribution in [2.24, 2.45) is 0 Å². The maximum absolute atomic E-state index is 13.4. The van der Waals surface area contributed by atoms with Crippen molar-refractivity contribution >= 4 is 11.7 Å². The van der Waals surface area contributed by atoms with Gasteiger partial charge in [0.05, 0.1) is 6.26 Å². The van der Waals surface area contributed by atoms with E-state index in [2.05, 4.69) is 15.4 Å². The average Bonchev–Trinajstić information content (AvgIpc) is 3.32. The number of carbonyl (C=O) groups excluding carboxylic acids is 1. The first-order valence-corrected chi connectivity index (χ1v) is 8.42. The standard InChI is InChI=1S/C19H15FN4O2/c20-13-5-3-11(4-6-13)18-17-14(23-19-21-10-22-24(18)19)8-12(9-15(17)25)16-2-1-7-26-16/h1-7,10,12,18H,8-9H2,(H,21,22,23)/t12-,18-/m1/s1. The maximum Gasteiger partial charge on any atom is 0.226 e. The summed E-state index contributed by atoms with van der Waals surface area (Å²) in [4.78, 5) is 17.3. The molecule has 0 bridgehead atoms. The first kappa shape index (κ1) is 15.1. The normalized spacial score (nSPS) is 22.0. The minimum Gasteiger partial charge on any atom is -0.469 e. The van der Waals surface area contributed by atoms with Crippen LogP contribution >= 0.6 is 0 Å². The van der Waals surface area contributed by atoms with Crippen LogP contribution < -0.4 is 5.32 Å². The Hall–Kier alpha value is -3.22. The maximum atomic E-state index is 13.4. The van der Waals surface area contributed by atoms with Gasteiger partial charge in [-0.15, -0.1) is 0 Å². The van der Waals surface area contributed by atoms with Gasteiger partial charge in [-0.2, -0.15) is 10.1 Å². The number of hydrogen-bond donors (Lipinski definition) is 1. The number of carbonyl (C=O) groups is 1. The SMILES string of the molecule is O=C1C[C@H](c2ccco2)CC2=C1[C@@H](c1ccc(F)cc1)n1ncnc1N2. The second kappa shape index (κ2) is 5.66. The molecule has 6 nitrogen and oxygen atoms in total. The highest BCUT2D eigenvalue weighted by atomic mass is 19.1. The number of anilines is 1. The summed E-state index contributed by atoms with van der Waals surface area (Å²) >= 11 is 0. The van der Waals surface area contributed by atoms with Gasteiger partial charge in [0, 0.05) is 23.6 Å². The molecule has 1 aromatic carbocycles. The van der Waals surface area contributed by atoms with Gasteiger partial charge in [-0.25, -0.2) is 9.07 Å². The van der Waals surface area contributed by atoms with E-state index in [1.54, 1.807) is 23.1 Å². The van der Waals surface area contributed by atoms with Gasteiger partial charge in [0.15, 0.2) is 5.78 Å². The van der Waals surface area contributed by atoms with E-state index in [0.717, 1.165) is 17.0 Å². The van der Waals surface area contributed by atoms with Gasteiger partial charge >= 0.3 is 0 Å². The van der Waals surface area contributed by atoms with Gasteiger partial charge in [-0.1, -0.05) is 12.1 Å². The van der Waals surface area contributed by atoms with E-state index >= 15 is 0 Å². The molecule has 0 saturated carbocycles. The van der Waals surface area contributed by atoms with E-state index in [0.29, 0.717) is 24.4 Å². The summed E-state index contributed by atoms with van der Waals surface area (Å²) in [5.41, 5.74) is 2.30. The third-order valence-electron chi connectivity index (χ3n) is 4.99. The number of halogens is 1. The Kier molecular flexibility index (Phi) is 3.28. The highest BCUT2D eigenvalue weighted by Crippen LogP contribution is 2.43. The number of Topliss-reactive ketones (excluding diaryl/α,β-unsaturated/α-hetero) is 1. The molecule has 5 rings (SSSR count). The van der Waals surface area contributed by atoms with Gasteiger partial charge in [-0.3, -0.25) is 4.79 Å². The first-order valence-electron chi connectivity index (χ1n) is 8.42. The molecule has 26 heavy (non-hydrogen) atoms. The van der Waals surface area contributed by atoms with Gasteiger partial charge in [0.2, 0.25) is 5.95 Å². The summed E-state index contributed by atoms with van der Waals surface area (Å²) < 4.78 is 20.6. The minimum atomic E-state index is -0.408. The zero-order chi connectivity index (χ0) is 17.7. The van der Waals surface area contributed by atoms with E-state index in [9.17, 15) is 9.18 Å². The Morgan fingerprint density at radius 1 is 1.19 bits per heavy atom. The number of ketones is 1. The molecule has 130 valence electrons. The lowest BCUT2D eigenvalue weighted by Crippen LogP contribution is -2.33. The topological polar surface area (TPSA) is 73.0 Å². The molecule has 2 aliphatic rings. The van der Waals surface area contributed by atoms with Crippen LogP contribution in [0.15, 0.2) is 64.7 Å². The van der Waals surface area contributed by atoms with Crippen molar-refractivity contribution < 1.29 is 13.6 Å². The molecular weight excluding hydrogens is 335 g/mol. The number of nitrogens with one attached hydrogen (secondary N) is 1. The van der Waals surface area contributed by atoms with E-state index in [1.165, 1.54) is 18.5 Å². The zero-order valence-electron chi connectivity index (χ0n) is 13.7. The van der Waals surface area contributed by atoms with Crippen molar-refractivity contribution in [2.75, 3.05) is 5.32 Å². The third kappa shape index (κ3) is 2.28. The third-order valence-corrected chi connectivity index (χ3v) is 4.99. The lowest BCUT2D eigenvalue weighted by Gasteiger charge is -2.34. The van der Waals surface area contributed by atoms with Crippen LogP contribution in [0.4, 0.5) is 10.3 Å². The Morgan fingerprint density at radius 3 is 2.81 bits per heavy atom. The Morgan fingerprint density at radius 2 is 2.04 bits per heavy atom. The highest BCUT2D eigenvalue weighted by molar-refractivity contribution is 6.00. The fraction of sp³-hybridized carbons (Fsp3) is 0.211. The zero-order valence-corrected chi connectivity index (χ0v) is 13.7. The lowest BCUT2D eigenvalue weighted by molar-refractivity contribution is -0.117. The number of aromatic nitrogens is 3. The van der Waals surface area contributed by atoms with Crippen LogP contribution in [0, 0.1) is 5.82 Å². The van der Waals surface area contributed by atoms with Gasteiger partial charge in [0.1, 0.15) is 23.9 Å². The van der Waals surface area contributed by atoms with Crippen LogP contribution in [0.2, 0.25) is 0 Å². The molecule has 1 N–H and O–H groups in total. The molecular formula is C19H15FN4O2. The molecule has 3 aromatic rings. The minimum absolute atomic E-state index is 0.00732. The summed E-state index contributed by atoms with van der Waals surface area (Å²) in [6.45, 7) is 0. The smallest absolute Gasteiger partial charge is 0.226 e. The van der Waals surface area contributed by atoms with Crippen molar-refractivity contribution in [2.45, 2.75) is 24.8 Å². The van der Waals surface area contributed by atoms with Crippen LogP contribution in [0.1, 0.15) is 36.1 Å². The van der Waals surface area contributed by atoms with E-state index in [4.69, 9.17) is 4.42 Å². The number of benzene rings is 1. The molecule has 1 aliphatic carbocycles. The number of fused-ring (bicyclic) bond motifs is 1. The number of hydrogen-bond acceptors (Lipinski definition) is 5. The van der Waals surface area contributed by atoms with Crippen LogP contribution in [0.5, 0.6) is 0 Å². The molecule has 0 spiro atoms. The quantitative estimate of drug-likeness (QED) is 0.767.